The van der Waals surface area contributed by atoms with Crippen LogP contribution < -0.4 is 0 Å². The van der Waals surface area contributed by atoms with E-state index in [9.17, 15) is 0 Å². The van der Waals surface area contributed by atoms with Gasteiger partial charge >= 0.3 is 0 Å². The molecular formula is C13H25N. The predicted octanol–water partition coefficient (Wildman–Crippen LogP) is 4.38. The third-order valence-corrected chi connectivity index (χ3v) is 2.43. The van der Waals surface area contributed by atoms with Crippen molar-refractivity contribution in [3.8, 4) is 0 Å². The van der Waals surface area contributed by atoms with Crippen molar-refractivity contribution < 1.29 is 0 Å². The summed E-state index contributed by atoms with van der Waals surface area (Å²) in [4.78, 5) is 4.24. The van der Waals surface area contributed by atoms with E-state index in [2.05, 4.69) is 24.1 Å². The van der Waals surface area contributed by atoms with Gasteiger partial charge in [0.05, 0.1) is 0 Å². The molecule has 1 heteroatoms. The van der Waals surface area contributed by atoms with E-state index in [1.807, 2.05) is 14.0 Å². The number of allylic oxidation sites excluding steroid dienone is 2. The summed E-state index contributed by atoms with van der Waals surface area (Å²) < 4.78 is 0. The molecule has 0 atom stereocenters. The van der Waals surface area contributed by atoms with Gasteiger partial charge in [-0.25, -0.2) is 0 Å². The van der Waals surface area contributed by atoms with Crippen molar-refractivity contribution in [3.63, 3.8) is 0 Å². The summed E-state index contributed by atoms with van der Waals surface area (Å²) in [6.07, 6.45) is 13.5. The van der Waals surface area contributed by atoms with E-state index in [1.54, 1.807) is 0 Å². The molecule has 0 fully saturated rings. The lowest BCUT2D eigenvalue weighted by Crippen LogP contribution is -1.93. The van der Waals surface area contributed by atoms with Gasteiger partial charge in [0.25, 0.3) is 0 Å². The Morgan fingerprint density at radius 2 is 1.71 bits per heavy atom. The molecule has 0 aromatic rings. The Balaban J connectivity index is 3.34. The van der Waals surface area contributed by atoms with Crippen LogP contribution in [0.4, 0.5) is 0 Å². The average molecular weight is 195 g/mol. The van der Waals surface area contributed by atoms with Crippen LogP contribution in [-0.2, 0) is 0 Å². The molecule has 0 aliphatic carbocycles. The largest absolute Gasteiger partial charge is 0.293 e. The van der Waals surface area contributed by atoms with Crippen molar-refractivity contribution in [1.82, 2.24) is 0 Å². The molecule has 0 radical (unpaired) electrons. The van der Waals surface area contributed by atoms with E-state index in [1.165, 1.54) is 44.2 Å². The van der Waals surface area contributed by atoms with Crippen molar-refractivity contribution in [2.75, 3.05) is 7.05 Å². The monoisotopic (exact) mass is 195 g/mol. The minimum absolute atomic E-state index is 1.15. The van der Waals surface area contributed by atoms with Crippen molar-refractivity contribution in [2.45, 2.75) is 58.8 Å². The molecule has 0 rings (SSSR count). The Bertz CT molecular complexity index is 168. The first-order valence-electron chi connectivity index (χ1n) is 5.93. The van der Waals surface area contributed by atoms with Crippen molar-refractivity contribution in [1.29, 1.82) is 0 Å². The van der Waals surface area contributed by atoms with E-state index in [0.29, 0.717) is 0 Å². The fourth-order valence-corrected chi connectivity index (χ4v) is 1.55. The van der Waals surface area contributed by atoms with Gasteiger partial charge in [-0.1, -0.05) is 45.1 Å². The number of rotatable bonds is 8. The van der Waals surface area contributed by atoms with Crippen LogP contribution in [0.5, 0.6) is 0 Å². The molecular weight excluding hydrogens is 170 g/mol. The highest BCUT2D eigenvalue weighted by Crippen LogP contribution is 2.07. The van der Waals surface area contributed by atoms with Gasteiger partial charge in [-0.2, -0.15) is 0 Å². The summed E-state index contributed by atoms with van der Waals surface area (Å²) in [6.45, 7) is 4.31. The smallest absolute Gasteiger partial charge is 0.0341 e. The summed E-state index contributed by atoms with van der Waals surface area (Å²) in [5, 5.41) is 0. The molecule has 0 unspecified atom stereocenters. The van der Waals surface area contributed by atoms with Crippen molar-refractivity contribution in [2.24, 2.45) is 4.99 Å². The van der Waals surface area contributed by atoms with Crippen molar-refractivity contribution in [3.05, 3.63) is 12.2 Å². The first kappa shape index (κ1) is 13.4. The molecule has 0 aliphatic heterocycles. The molecule has 1 nitrogen and oxygen atoms in total. The van der Waals surface area contributed by atoms with Crippen molar-refractivity contribution >= 4 is 5.71 Å². The molecule has 0 bridgehead atoms. The lowest BCUT2D eigenvalue weighted by molar-refractivity contribution is 0.615. The molecule has 82 valence electrons. The number of hydrogen-bond acceptors (Lipinski definition) is 1. The minimum atomic E-state index is 1.15. The van der Waals surface area contributed by atoms with Gasteiger partial charge in [-0.3, -0.25) is 4.99 Å². The Kier molecular flexibility index (Phi) is 10.0. The van der Waals surface area contributed by atoms with Crippen LogP contribution in [0.1, 0.15) is 58.8 Å². The molecule has 0 amide bonds. The summed E-state index contributed by atoms with van der Waals surface area (Å²) in [5.74, 6) is 0. The van der Waals surface area contributed by atoms with Gasteiger partial charge in [0.15, 0.2) is 0 Å². The van der Waals surface area contributed by atoms with Crippen LogP contribution in [0.15, 0.2) is 17.1 Å². The van der Waals surface area contributed by atoms with E-state index < -0.39 is 0 Å². The first-order chi connectivity index (χ1) is 6.85. The zero-order valence-electron chi connectivity index (χ0n) is 10.1. The molecule has 0 saturated carbocycles. The molecule has 14 heavy (non-hydrogen) atoms. The van der Waals surface area contributed by atoms with Gasteiger partial charge in [-0.05, 0) is 25.8 Å². The van der Waals surface area contributed by atoms with E-state index in [4.69, 9.17) is 0 Å². The van der Waals surface area contributed by atoms with Crippen LogP contribution in [0.3, 0.4) is 0 Å². The quantitative estimate of drug-likeness (QED) is 0.402. The van der Waals surface area contributed by atoms with Crippen LogP contribution >= 0.6 is 0 Å². The summed E-state index contributed by atoms with van der Waals surface area (Å²) in [7, 11) is 1.88. The van der Waals surface area contributed by atoms with E-state index in [0.717, 1.165) is 6.42 Å². The normalized spacial score (nSPS) is 12.6. The first-order valence-corrected chi connectivity index (χ1v) is 5.93. The average Bonchev–Trinajstić information content (AvgIpc) is 2.21. The Hall–Kier alpha value is -0.590. The zero-order valence-corrected chi connectivity index (χ0v) is 10.1. The molecule has 0 saturated heterocycles. The number of hydrogen-bond donors (Lipinski definition) is 0. The van der Waals surface area contributed by atoms with Crippen LogP contribution in [-0.4, -0.2) is 12.8 Å². The van der Waals surface area contributed by atoms with Gasteiger partial charge in [0, 0.05) is 12.8 Å². The second-order valence-electron chi connectivity index (χ2n) is 3.73. The summed E-state index contributed by atoms with van der Waals surface area (Å²) in [5.41, 5.74) is 1.24. The van der Waals surface area contributed by atoms with E-state index >= 15 is 0 Å². The summed E-state index contributed by atoms with van der Waals surface area (Å²) in [6, 6.07) is 0. The zero-order chi connectivity index (χ0) is 10.6. The molecule has 0 heterocycles. The number of unbranched alkanes of at least 4 members (excludes halogenated alkanes) is 5. The fourth-order valence-electron chi connectivity index (χ4n) is 1.55. The third-order valence-electron chi connectivity index (χ3n) is 2.43. The van der Waals surface area contributed by atoms with Gasteiger partial charge in [0.1, 0.15) is 0 Å². The Morgan fingerprint density at radius 3 is 2.29 bits per heavy atom. The molecule has 0 spiro atoms. The summed E-state index contributed by atoms with van der Waals surface area (Å²) >= 11 is 0. The standard InChI is InChI=1S/C13H25N/c1-4-6-7-8-9-10-12-13(14-3)11-5-2/h5,11H,4,6-10,12H2,1-3H3. The maximum absolute atomic E-state index is 4.24. The second kappa shape index (κ2) is 10.5. The topological polar surface area (TPSA) is 12.4 Å². The predicted molar refractivity (Wildman–Crippen MR) is 66.2 cm³/mol. The van der Waals surface area contributed by atoms with Gasteiger partial charge in [-0.15, -0.1) is 0 Å². The van der Waals surface area contributed by atoms with Gasteiger partial charge < -0.3 is 0 Å². The number of aliphatic imine (C=N–C) groups is 1. The minimum Gasteiger partial charge on any atom is -0.293 e. The SMILES string of the molecule is CC=CC(CCCCCCCC)=NC. The Morgan fingerprint density at radius 1 is 1.07 bits per heavy atom. The lowest BCUT2D eigenvalue weighted by Gasteiger charge is -2.01. The highest BCUT2D eigenvalue weighted by atomic mass is 14.7. The number of nitrogens with zero attached hydrogens (tertiary/aromatic N) is 1. The maximum atomic E-state index is 4.24. The van der Waals surface area contributed by atoms with Crippen LogP contribution in [0, 0.1) is 0 Å². The molecule has 0 N–H and O–H groups in total. The van der Waals surface area contributed by atoms with Crippen LogP contribution in [0.25, 0.3) is 0 Å². The van der Waals surface area contributed by atoms with E-state index in [-0.39, 0.29) is 0 Å². The van der Waals surface area contributed by atoms with Gasteiger partial charge in [0.2, 0.25) is 0 Å². The lowest BCUT2D eigenvalue weighted by atomic mass is 10.1. The third kappa shape index (κ3) is 8.03. The molecule has 0 aromatic carbocycles. The fraction of sp³-hybridized carbons (Fsp3) is 0.769. The highest BCUT2D eigenvalue weighted by molar-refractivity contribution is 5.94. The Labute approximate surface area is 89.3 Å². The maximum Gasteiger partial charge on any atom is 0.0341 e. The molecule has 0 aliphatic rings. The van der Waals surface area contributed by atoms with Crippen LogP contribution in [0.2, 0.25) is 0 Å². The second-order valence-corrected chi connectivity index (χ2v) is 3.73. The molecule has 0 aromatic heterocycles. The highest BCUT2D eigenvalue weighted by Gasteiger charge is 1.94.